The third kappa shape index (κ3) is 5.41. The van der Waals surface area contributed by atoms with Crippen LogP contribution < -0.4 is 0 Å². The molecule has 3 aliphatic carbocycles. The van der Waals surface area contributed by atoms with Crippen LogP contribution in [0, 0.1) is 17.3 Å². The molecule has 35 heavy (non-hydrogen) atoms. The first-order valence-electron chi connectivity index (χ1n) is 14.8. The lowest BCUT2D eigenvalue weighted by Crippen LogP contribution is -2.38. The lowest BCUT2D eigenvalue weighted by Gasteiger charge is -2.48. The monoisotopic (exact) mass is 472 g/mol. The van der Waals surface area contributed by atoms with Crippen LogP contribution in [0.3, 0.4) is 0 Å². The molecule has 0 bridgehead atoms. The molecule has 2 saturated carbocycles. The molecule has 0 aromatic heterocycles. The number of fused-ring (bicyclic) bond motifs is 3. The number of hydrogen-bond donors (Lipinski definition) is 0. The minimum Gasteiger partial charge on any atom is -0.376 e. The molecule has 0 radical (unpaired) electrons. The van der Waals surface area contributed by atoms with Gasteiger partial charge in [0.15, 0.2) is 0 Å². The maximum Gasteiger partial charge on any atom is 0.0598 e. The molecule has 5 rings (SSSR count). The molecule has 0 heterocycles. The van der Waals surface area contributed by atoms with Crippen molar-refractivity contribution in [2.75, 3.05) is 6.61 Å². The molecule has 190 valence electrons. The summed E-state index contributed by atoms with van der Waals surface area (Å²) in [6.07, 6.45) is 18.4. The van der Waals surface area contributed by atoms with E-state index in [0.29, 0.717) is 11.3 Å². The van der Waals surface area contributed by atoms with E-state index >= 15 is 0 Å². The molecule has 2 aromatic rings. The molecule has 1 heteroatoms. The fraction of sp³-hybridized carbons (Fsp3) is 0.647. The lowest BCUT2D eigenvalue weighted by atomic mass is 9.56. The zero-order valence-electron chi connectivity index (χ0n) is 22.7. The van der Waals surface area contributed by atoms with Gasteiger partial charge in [-0.05, 0) is 92.4 Å². The largest absolute Gasteiger partial charge is 0.376 e. The molecule has 0 spiro atoms. The summed E-state index contributed by atoms with van der Waals surface area (Å²) < 4.78 is 5.90. The van der Waals surface area contributed by atoms with Gasteiger partial charge in [0.05, 0.1) is 5.60 Å². The summed E-state index contributed by atoms with van der Waals surface area (Å²) in [7, 11) is 0. The van der Waals surface area contributed by atoms with E-state index in [0.717, 1.165) is 18.4 Å². The van der Waals surface area contributed by atoms with Crippen molar-refractivity contribution in [1.29, 1.82) is 0 Å². The number of benzene rings is 2. The van der Waals surface area contributed by atoms with Gasteiger partial charge in [0.2, 0.25) is 0 Å². The average molecular weight is 473 g/mol. The Morgan fingerprint density at radius 1 is 0.771 bits per heavy atom. The number of unbranched alkanes of at least 4 members (excludes halogenated alkanes) is 3. The van der Waals surface area contributed by atoms with Crippen molar-refractivity contribution in [3.63, 3.8) is 0 Å². The van der Waals surface area contributed by atoms with Gasteiger partial charge >= 0.3 is 0 Å². The predicted octanol–water partition coefficient (Wildman–Crippen LogP) is 9.93. The fourth-order valence-electron chi connectivity index (χ4n) is 8.04. The van der Waals surface area contributed by atoms with Gasteiger partial charge in [-0.2, -0.15) is 0 Å². The Bertz CT molecular complexity index is 915. The summed E-state index contributed by atoms with van der Waals surface area (Å²) in [6.45, 7) is 7.39. The number of hydrogen-bond acceptors (Lipinski definition) is 1. The molecular formula is C34H48O. The molecule has 2 unspecified atom stereocenters. The highest BCUT2D eigenvalue weighted by Gasteiger charge is 2.51. The van der Waals surface area contributed by atoms with Crippen molar-refractivity contribution in [1.82, 2.24) is 0 Å². The second kappa shape index (κ2) is 10.8. The van der Waals surface area contributed by atoms with E-state index in [4.69, 9.17) is 4.74 Å². The van der Waals surface area contributed by atoms with Gasteiger partial charge < -0.3 is 4.74 Å². The highest BCUT2D eigenvalue weighted by atomic mass is 16.5. The molecule has 2 atom stereocenters. The van der Waals surface area contributed by atoms with E-state index in [-0.39, 0.29) is 5.60 Å². The Kier molecular flexibility index (Phi) is 7.73. The van der Waals surface area contributed by atoms with Gasteiger partial charge in [-0.25, -0.2) is 0 Å². The minimum absolute atomic E-state index is 0.00822. The summed E-state index contributed by atoms with van der Waals surface area (Å²) in [5.41, 5.74) is 6.79. The van der Waals surface area contributed by atoms with Crippen molar-refractivity contribution < 1.29 is 4.74 Å². The molecule has 2 aromatic carbocycles. The van der Waals surface area contributed by atoms with Gasteiger partial charge in [-0.1, -0.05) is 99.9 Å². The summed E-state index contributed by atoms with van der Waals surface area (Å²) in [5, 5.41) is 0. The van der Waals surface area contributed by atoms with Crippen LogP contribution in [-0.2, 0) is 4.74 Å². The third-order valence-electron chi connectivity index (χ3n) is 9.59. The van der Waals surface area contributed by atoms with Gasteiger partial charge in [0.1, 0.15) is 0 Å². The Balaban J connectivity index is 1.24. The number of ether oxygens (including phenoxy) is 1. The molecule has 1 nitrogen and oxygen atoms in total. The van der Waals surface area contributed by atoms with Gasteiger partial charge in [0.25, 0.3) is 0 Å². The van der Waals surface area contributed by atoms with Crippen LogP contribution in [0.15, 0.2) is 48.5 Å². The molecule has 0 amide bonds. The Labute approximate surface area is 215 Å². The maximum atomic E-state index is 5.90. The first-order valence-corrected chi connectivity index (χ1v) is 14.8. The number of rotatable bonds is 9. The Morgan fingerprint density at radius 2 is 1.40 bits per heavy atom. The van der Waals surface area contributed by atoms with Crippen molar-refractivity contribution in [2.24, 2.45) is 17.3 Å². The van der Waals surface area contributed by atoms with Crippen LogP contribution in [0.4, 0.5) is 0 Å². The van der Waals surface area contributed by atoms with Crippen LogP contribution in [0.1, 0.15) is 121 Å². The van der Waals surface area contributed by atoms with E-state index < -0.39 is 0 Å². The van der Waals surface area contributed by atoms with E-state index in [9.17, 15) is 0 Å². The zero-order valence-corrected chi connectivity index (χ0v) is 22.7. The molecule has 0 N–H and O–H groups in total. The van der Waals surface area contributed by atoms with Crippen LogP contribution in [0.5, 0.6) is 0 Å². The zero-order chi connectivity index (χ0) is 24.3. The van der Waals surface area contributed by atoms with E-state index in [1.807, 2.05) is 0 Å². The summed E-state index contributed by atoms with van der Waals surface area (Å²) in [4.78, 5) is 0. The van der Waals surface area contributed by atoms with Crippen molar-refractivity contribution >= 4 is 0 Å². The van der Waals surface area contributed by atoms with E-state index in [2.05, 4.69) is 69.3 Å². The minimum atomic E-state index is 0.00822. The smallest absolute Gasteiger partial charge is 0.0598 e. The lowest BCUT2D eigenvalue weighted by molar-refractivity contribution is -0.00477. The molecule has 3 aliphatic rings. The standard InChI is InChI=1S/C34H48O/c1-33(2,3)35-24-14-5-4-7-15-26-20-21-27(25-26)34(22-12-6-13-23-34)32-30-18-10-8-16-28(30)29-17-9-11-19-31(29)32/h8-11,16-19,26-27,32H,4-7,12-15,20-25H2,1-3H3. The molecular weight excluding hydrogens is 424 g/mol. The van der Waals surface area contributed by atoms with Gasteiger partial charge in [-0.15, -0.1) is 0 Å². The quantitative estimate of drug-likeness (QED) is 0.330. The highest BCUT2D eigenvalue weighted by Crippen LogP contribution is 2.63. The van der Waals surface area contributed by atoms with Gasteiger partial charge in [0, 0.05) is 12.5 Å². The Morgan fingerprint density at radius 3 is 2.06 bits per heavy atom. The van der Waals surface area contributed by atoms with E-state index in [1.54, 1.807) is 11.1 Å². The predicted molar refractivity (Wildman–Crippen MR) is 149 cm³/mol. The third-order valence-corrected chi connectivity index (χ3v) is 9.59. The first-order chi connectivity index (χ1) is 17.0. The highest BCUT2D eigenvalue weighted by molar-refractivity contribution is 5.79. The normalized spacial score (nSPS) is 23.9. The van der Waals surface area contributed by atoms with Crippen molar-refractivity contribution in [3.05, 3.63) is 59.7 Å². The molecule has 2 fully saturated rings. The summed E-state index contributed by atoms with van der Waals surface area (Å²) >= 11 is 0. The Hall–Kier alpha value is -1.60. The van der Waals surface area contributed by atoms with E-state index in [1.165, 1.54) is 94.6 Å². The average Bonchev–Trinajstić information content (AvgIpc) is 3.47. The molecule has 0 saturated heterocycles. The van der Waals surface area contributed by atoms with Crippen molar-refractivity contribution in [3.8, 4) is 11.1 Å². The summed E-state index contributed by atoms with van der Waals surface area (Å²) in [6, 6.07) is 18.8. The van der Waals surface area contributed by atoms with Crippen LogP contribution in [0.25, 0.3) is 11.1 Å². The van der Waals surface area contributed by atoms with Gasteiger partial charge in [-0.3, -0.25) is 0 Å². The second-order valence-corrected chi connectivity index (χ2v) is 12.9. The van der Waals surface area contributed by atoms with Crippen LogP contribution >= 0.6 is 0 Å². The first kappa shape index (κ1) is 25.1. The van der Waals surface area contributed by atoms with Crippen LogP contribution in [0.2, 0.25) is 0 Å². The van der Waals surface area contributed by atoms with Crippen molar-refractivity contribution in [2.45, 2.75) is 116 Å². The fourth-order valence-corrected chi connectivity index (χ4v) is 8.04. The maximum absolute atomic E-state index is 5.90. The topological polar surface area (TPSA) is 9.23 Å². The van der Waals surface area contributed by atoms with Crippen LogP contribution in [-0.4, -0.2) is 12.2 Å². The SMILES string of the molecule is CC(C)(C)OCCCCCCC1CCC(C2(C3c4ccccc4-c4ccccc43)CCCCC2)C1. The second-order valence-electron chi connectivity index (χ2n) is 12.9. The molecule has 0 aliphatic heterocycles. The summed E-state index contributed by atoms with van der Waals surface area (Å²) in [5.74, 6) is 2.47.